The molecule has 0 N–H and O–H groups in total. The summed E-state index contributed by atoms with van der Waals surface area (Å²) in [5, 5.41) is 0. The van der Waals surface area contributed by atoms with Crippen LogP contribution in [0.4, 0.5) is 0 Å². The summed E-state index contributed by atoms with van der Waals surface area (Å²) in [6.45, 7) is 3.22. The normalized spacial score (nSPS) is 20.9. The minimum atomic E-state index is 0.369. The molecule has 1 aromatic rings. The monoisotopic (exact) mass is 346 g/mol. The third-order valence-corrected chi connectivity index (χ3v) is 6.60. The Morgan fingerprint density at radius 3 is 2.46 bits per heavy atom. The summed E-state index contributed by atoms with van der Waals surface area (Å²) in [7, 11) is 2.03. The van der Waals surface area contributed by atoms with Crippen LogP contribution in [0.5, 0.6) is 0 Å². The number of carbonyl (C=O) groups is 1. The van der Waals surface area contributed by atoms with Gasteiger partial charge in [-0.05, 0) is 48.7 Å². The molecule has 1 aromatic carbocycles. The lowest BCUT2D eigenvalue weighted by molar-refractivity contribution is -0.134. The molecule has 0 saturated carbocycles. The number of carbonyl (C=O) groups excluding carboxylic acids is 1. The number of nitrogens with zero attached hydrogens (tertiary/aromatic N) is 2. The summed E-state index contributed by atoms with van der Waals surface area (Å²) < 4.78 is 0. The number of hydrogen-bond donors (Lipinski definition) is 0. The smallest absolute Gasteiger partial charge is 0.222 e. The highest BCUT2D eigenvalue weighted by Gasteiger charge is 2.27. The van der Waals surface area contributed by atoms with Gasteiger partial charge in [-0.1, -0.05) is 30.3 Å². The van der Waals surface area contributed by atoms with E-state index < -0.39 is 0 Å². The third kappa shape index (κ3) is 5.00. The molecule has 2 aliphatic rings. The average molecular weight is 347 g/mol. The molecule has 2 aliphatic heterocycles. The highest BCUT2D eigenvalue weighted by atomic mass is 32.2. The standard InChI is InChI=1S/C20H30N2OS/c1-21(20(23)15-17-9-13-24-14-10-17)19-7-11-22(12-8-19)16-18-5-3-2-4-6-18/h2-6,17,19H,7-16H2,1H3. The van der Waals surface area contributed by atoms with Crippen molar-refractivity contribution < 1.29 is 4.79 Å². The summed E-state index contributed by atoms with van der Waals surface area (Å²) in [6.07, 6.45) is 5.42. The molecule has 3 rings (SSSR count). The van der Waals surface area contributed by atoms with Crippen molar-refractivity contribution in [2.24, 2.45) is 5.92 Å². The van der Waals surface area contributed by atoms with Crippen LogP contribution >= 0.6 is 11.8 Å². The zero-order chi connectivity index (χ0) is 16.8. The van der Waals surface area contributed by atoms with E-state index in [1.165, 1.54) is 29.9 Å². The fraction of sp³-hybridized carbons (Fsp3) is 0.650. The minimum absolute atomic E-state index is 0.369. The molecule has 2 saturated heterocycles. The maximum atomic E-state index is 12.6. The lowest BCUT2D eigenvalue weighted by atomic mass is 9.96. The number of amides is 1. The van der Waals surface area contributed by atoms with E-state index in [0.29, 0.717) is 17.9 Å². The zero-order valence-corrected chi connectivity index (χ0v) is 15.6. The van der Waals surface area contributed by atoms with Crippen LogP contribution in [-0.2, 0) is 11.3 Å². The molecule has 2 heterocycles. The molecule has 0 aromatic heterocycles. The first-order chi connectivity index (χ1) is 11.7. The first-order valence-corrected chi connectivity index (χ1v) is 10.5. The van der Waals surface area contributed by atoms with Crippen LogP contribution < -0.4 is 0 Å². The van der Waals surface area contributed by atoms with Gasteiger partial charge in [-0.25, -0.2) is 0 Å². The molecule has 0 unspecified atom stereocenters. The quantitative estimate of drug-likeness (QED) is 0.813. The molecule has 132 valence electrons. The second kappa shape index (κ2) is 8.91. The number of benzene rings is 1. The number of thioether (sulfide) groups is 1. The largest absolute Gasteiger partial charge is 0.343 e. The molecule has 0 bridgehead atoms. The maximum Gasteiger partial charge on any atom is 0.222 e. The predicted molar refractivity (Wildman–Crippen MR) is 102 cm³/mol. The van der Waals surface area contributed by atoms with Gasteiger partial charge in [0.2, 0.25) is 5.91 Å². The Kier molecular flexibility index (Phi) is 6.61. The van der Waals surface area contributed by atoms with Crippen LogP contribution in [0.2, 0.25) is 0 Å². The first kappa shape index (κ1) is 17.8. The van der Waals surface area contributed by atoms with Gasteiger partial charge in [-0.2, -0.15) is 11.8 Å². The summed E-state index contributed by atoms with van der Waals surface area (Å²) in [4.78, 5) is 17.2. The Bertz CT molecular complexity index is 508. The third-order valence-electron chi connectivity index (χ3n) is 5.55. The van der Waals surface area contributed by atoms with E-state index in [2.05, 4.69) is 40.1 Å². The van der Waals surface area contributed by atoms with Crippen LogP contribution in [0, 0.1) is 5.92 Å². The Hall–Kier alpha value is -1.00. The van der Waals surface area contributed by atoms with Crippen LogP contribution in [0.25, 0.3) is 0 Å². The van der Waals surface area contributed by atoms with Gasteiger partial charge in [0.15, 0.2) is 0 Å². The Labute approximate surface area is 150 Å². The van der Waals surface area contributed by atoms with Crippen molar-refractivity contribution in [1.29, 1.82) is 0 Å². The molecule has 3 nitrogen and oxygen atoms in total. The van der Waals surface area contributed by atoms with Crippen molar-refractivity contribution in [1.82, 2.24) is 9.80 Å². The first-order valence-electron chi connectivity index (χ1n) is 9.32. The molecule has 0 radical (unpaired) electrons. The number of piperidine rings is 1. The van der Waals surface area contributed by atoms with Gasteiger partial charge in [-0.3, -0.25) is 9.69 Å². The average Bonchev–Trinajstić information content (AvgIpc) is 2.63. The fourth-order valence-electron chi connectivity index (χ4n) is 3.85. The molecule has 0 atom stereocenters. The minimum Gasteiger partial charge on any atom is -0.343 e. The molecule has 0 aliphatic carbocycles. The highest BCUT2D eigenvalue weighted by molar-refractivity contribution is 7.99. The van der Waals surface area contributed by atoms with Gasteiger partial charge in [0, 0.05) is 39.1 Å². The van der Waals surface area contributed by atoms with Gasteiger partial charge >= 0.3 is 0 Å². The van der Waals surface area contributed by atoms with E-state index in [0.717, 1.165) is 38.9 Å². The Morgan fingerprint density at radius 2 is 1.79 bits per heavy atom. The van der Waals surface area contributed by atoms with E-state index in [4.69, 9.17) is 0 Å². The van der Waals surface area contributed by atoms with E-state index in [1.54, 1.807) is 0 Å². The topological polar surface area (TPSA) is 23.6 Å². The molecule has 1 amide bonds. The Balaban J connectivity index is 1.42. The van der Waals surface area contributed by atoms with Gasteiger partial charge in [-0.15, -0.1) is 0 Å². The van der Waals surface area contributed by atoms with Crippen molar-refractivity contribution in [2.75, 3.05) is 31.6 Å². The maximum absolute atomic E-state index is 12.6. The van der Waals surface area contributed by atoms with E-state index >= 15 is 0 Å². The number of rotatable bonds is 5. The molecule has 24 heavy (non-hydrogen) atoms. The lowest BCUT2D eigenvalue weighted by Gasteiger charge is -2.37. The molecule has 4 heteroatoms. The molecule has 0 spiro atoms. The Morgan fingerprint density at radius 1 is 1.12 bits per heavy atom. The highest BCUT2D eigenvalue weighted by Crippen LogP contribution is 2.27. The van der Waals surface area contributed by atoms with Crippen molar-refractivity contribution in [3.05, 3.63) is 35.9 Å². The van der Waals surface area contributed by atoms with Crippen LogP contribution in [-0.4, -0.2) is 53.4 Å². The summed E-state index contributed by atoms with van der Waals surface area (Å²) in [5.41, 5.74) is 1.38. The van der Waals surface area contributed by atoms with Crippen LogP contribution in [0.1, 0.15) is 37.7 Å². The second-order valence-corrected chi connectivity index (χ2v) is 8.48. The zero-order valence-electron chi connectivity index (χ0n) is 14.8. The summed E-state index contributed by atoms with van der Waals surface area (Å²) in [5.74, 6) is 3.46. The van der Waals surface area contributed by atoms with Crippen molar-refractivity contribution in [3.8, 4) is 0 Å². The number of hydrogen-bond acceptors (Lipinski definition) is 3. The second-order valence-electron chi connectivity index (χ2n) is 7.26. The predicted octanol–water partition coefficient (Wildman–Crippen LogP) is 3.64. The molecular weight excluding hydrogens is 316 g/mol. The van der Waals surface area contributed by atoms with Crippen molar-refractivity contribution in [3.63, 3.8) is 0 Å². The SMILES string of the molecule is CN(C(=O)CC1CCSCC1)C1CCN(Cc2ccccc2)CC1. The van der Waals surface area contributed by atoms with Gasteiger partial charge in [0.1, 0.15) is 0 Å². The number of likely N-dealkylation sites (tertiary alicyclic amines) is 1. The lowest BCUT2D eigenvalue weighted by Crippen LogP contribution is -2.45. The molecule has 2 fully saturated rings. The van der Waals surface area contributed by atoms with E-state index in [1.807, 2.05) is 18.8 Å². The van der Waals surface area contributed by atoms with E-state index in [-0.39, 0.29) is 0 Å². The van der Waals surface area contributed by atoms with Gasteiger partial charge in [0.05, 0.1) is 0 Å². The fourth-order valence-corrected chi connectivity index (χ4v) is 5.06. The van der Waals surface area contributed by atoms with Crippen molar-refractivity contribution >= 4 is 17.7 Å². The van der Waals surface area contributed by atoms with Crippen LogP contribution in [0.3, 0.4) is 0 Å². The van der Waals surface area contributed by atoms with Gasteiger partial charge in [0.25, 0.3) is 0 Å². The van der Waals surface area contributed by atoms with Crippen LogP contribution in [0.15, 0.2) is 30.3 Å². The van der Waals surface area contributed by atoms with Crippen molar-refractivity contribution in [2.45, 2.75) is 44.7 Å². The summed E-state index contributed by atoms with van der Waals surface area (Å²) in [6, 6.07) is 11.1. The van der Waals surface area contributed by atoms with E-state index in [9.17, 15) is 4.79 Å². The molecular formula is C20H30N2OS. The summed E-state index contributed by atoms with van der Waals surface area (Å²) >= 11 is 2.03. The van der Waals surface area contributed by atoms with Gasteiger partial charge < -0.3 is 4.90 Å².